The number of nitrogens with two attached hydrogens (primary N) is 1. The Morgan fingerprint density at radius 3 is 2.10 bits per heavy atom. The van der Waals surface area contributed by atoms with Gasteiger partial charge in [-0.1, -0.05) is 90.6 Å². The Balaban J connectivity index is 0. The van der Waals surface area contributed by atoms with Gasteiger partial charge in [-0.2, -0.15) is 0 Å². The predicted molar refractivity (Wildman–Crippen MR) is 205 cm³/mol. The maximum absolute atomic E-state index is 13.1. The minimum Gasteiger partial charge on any atom is -0.403 e. The van der Waals surface area contributed by atoms with Crippen molar-refractivity contribution in [2.75, 3.05) is 26.2 Å². The summed E-state index contributed by atoms with van der Waals surface area (Å²) in [5.74, 6) is -2.52. The molecule has 0 radical (unpaired) electrons. The lowest BCUT2D eigenvalue weighted by molar-refractivity contribution is -0.127. The second-order valence-corrected chi connectivity index (χ2v) is 13.5. The van der Waals surface area contributed by atoms with E-state index in [0.717, 1.165) is 24.6 Å². The molecule has 0 aliphatic carbocycles. The summed E-state index contributed by atoms with van der Waals surface area (Å²) < 4.78 is 26.2. The third kappa shape index (κ3) is 23.1. The number of alkyl halides is 2. The number of rotatable bonds is 15. The first-order valence-electron chi connectivity index (χ1n) is 18.2. The first-order valence-corrected chi connectivity index (χ1v) is 18.2. The fourth-order valence-corrected chi connectivity index (χ4v) is 4.54. The molecule has 1 aromatic rings. The zero-order valence-electron chi connectivity index (χ0n) is 33.2. The summed E-state index contributed by atoms with van der Waals surface area (Å²) in [6.07, 6.45) is 8.54. The van der Waals surface area contributed by atoms with Gasteiger partial charge in [-0.15, -0.1) is 0 Å². The van der Waals surface area contributed by atoms with Crippen LogP contribution in [0.3, 0.4) is 0 Å². The van der Waals surface area contributed by atoms with E-state index < -0.39 is 18.3 Å². The maximum atomic E-state index is 13.1. The highest BCUT2D eigenvalue weighted by Gasteiger charge is 2.23. The summed E-state index contributed by atoms with van der Waals surface area (Å²) in [6, 6.07) is 6.92. The third-order valence-corrected chi connectivity index (χ3v) is 7.98. The molecular weight excluding hydrogens is 620 g/mol. The quantitative estimate of drug-likeness (QED) is 0.0633. The van der Waals surface area contributed by atoms with Crippen LogP contribution in [-0.2, 0) is 16.1 Å². The number of aldehydes is 1. The molecule has 1 atom stereocenters. The lowest BCUT2D eigenvalue weighted by Crippen LogP contribution is -2.35. The first kappa shape index (κ1) is 48.1. The predicted octanol–water partition coefficient (Wildman–Crippen LogP) is 8.57. The number of ketones is 1. The SMILES string of the molecule is C/C(=C/C(=C\N)N/C(C)=C(\NCC(C)(F)F)C(=O)C=O)C(C)NCC(C)C.CC.CCCC.Cc1ccc(CN2CCC(C)CC2)c(C)c1. The number of hydrogen-bond acceptors (Lipinski definition) is 7. The van der Waals surface area contributed by atoms with Crippen molar-refractivity contribution in [2.45, 2.75) is 134 Å². The first-order chi connectivity index (χ1) is 23.0. The van der Waals surface area contributed by atoms with E-state index in [1.165, 1.54) is 68.6 Å². The van der Waals surface area contributed by atoms with Crippen LogP contribution in [0.5, 0.6) is 0 Å². The lowest BCUT2D eigenvalue weighted by atomic mass is 9.98. The van der Waals surface area contributed by atoms with Gasteiger partial charge in [-0.3, -0.25) is 14.5 Å². The molecule has 1 aliphatic heterocycles. The van der Waals surface area contributed by atoms with Crippen LogP contribution in [0.15, 0.2) is 53.1 Å². The van der Waals surface area contributed by atoms with Crippen molar-refractivity contribution in [1.82, 2.24) is 20.9 Å². The Morgan fingerprint density at radius 1 is 1.08 bits per heavy atom. The van der Waals surface area contributed by atoms with E-state index >= 15 is 0 Å². The molecule has 7 nitrogen and oxygen atoms in total. The maximum Gasteiger partial charge on any atom is 0.262 e. The fourth-order valence-electron chi connectivity index (χ4n) is 4.54. The highest BCUT2D eigenvalue weighted by molar-refractivity contribution is 6.33. The summed E-state index contributed by atoms with van der Waals surface area (Å²) in [7, 11) is 0. The topological polar surface area (TPSA) is 99.5 Å². The minimum atomic E-state index is -3.03. The van der Waals surface area contributed by atoms with Crippen LogP contribution in [0.25, 0.3) is 0 Å². The Labute approximate surface area is 298 Å². The van der Waals surface area contributed by atoms with E-state index in [9.17, 15) is 18.4 Å². The summed E-state index contributed by atoms with van der Waals surface area (Å²) >= 11 is 0. The van der Waals surface area contributed by atoms with E-state index in [-0.39, 0.29) is 23.7 Å². The second-order valence-electron chi connectivity index (χ2n) is 13.5. The molecule has 5 N–H and O–H groups in total. The number of halogens is 2. The molecule has 1 unspecified atom stereocenters. The fraction of sp³-hybridized carbons (Fsp3) is 0.650. The van der Waals surface area contributed by atoms with E-state index in [1.54, 1.807) is 6.08 Å². The number of piperidine rings is 1. The molecule has 1 fully saturated rings. The number of aryl methyl sites for hydroxylation is 2. The average molecular weight is 692 g/mol. The smallest absolute Gasteiger partial charge is 0.262 e. The van der Waals surface area contributed by atoms with E-state index in [4.69, 9.17) is 5.73 Å². The number of nitrogens with zero attached hydrogens (tertiary/aromatic N) is 1. The average Bonchev–Trinajstić information content (AvgIpc) is 3.06. The Kier molecular flexibility index (Phi) is 26.3. The Bertz CT molecular complexity index is 1160. The molecular formula is C40H71F2N5O2. The molecule has 0 aromatic heterocycles. The molecule has 9 heteroatoms. The van der Waals surface area contributed by atoms with E-state index in [2.05, 4.69) is 87.5 Å². The molecule has 1 heterocycles. The van der Waals surface area contributed by atoms with Crippen molar-refractivity contribution in [3.63, 3.8) is 0 Å². The number of allylic oxidation sites excluding steroid dienone is 3. The van der Waals surface area contributed by atoms with Crippen LogP contribution < -0.4 is 21.7 Å². The monoisotopic (exact) mass is 692 g/mol. The molecule has 1 saturated heterocycles. The molecule has 0 bridgehead atoms. The van der Waals surface area contributed by atoms with Crippen LogP contribution in [-0.4, -0.2) is 55.1 Å². The zero-order valence-corrected chi connectivity index (χ0v) is 33.2. The third-order valence-electron chi connectivity index (χ3n) is 7.98. The summed E-state index contributed by atoms with van der Waals surface area (Å²) in [5.41, 5.74) is 11.4. The van der Waals surface area contributed by atoms with Crippen LogP contribution in [0.4, 0.5) is 8.78 Å². The van der Waals surface area contributed by atoms with Crippen molar-refractivity contribution in [2.24, 2.45) is 17.6 Å². The number of likely N-dealkylation sites (tertiary alicyclic amines) is 1. The number of carbonyl (C=O) groups is 2. The zero-order chi connectivity index (χ0) is 38.2. The van der Waals surface area contributed by atoms with Crippen molar-refractivity contribution < 1.29 is 18.4 Å². The van der Waals surface area contributed by atoms with Gasteiger partial charge in [0.1, 0.15) is 5.70 Å². The molecule has 0 amide bonds. The normalized spacial score (nSPS) is 15.3. The van der Waals surface area contributed by atoms with Crippen LogP contribution in [0.1, 0.15) is 119 Å². The van der Waals surface area contributed by atoms with Crippen molar-refractivity contribution in [1.29, 1.82) is 0 Å². The number of hydrogen-bond donors (Lipinski definition) is 4. The van der Waals surface area contributed by atoms with Crippen LogP contribution in [0, 0.1) is 25.7 Å². The van der Waals surface area contributed by atoms with Gasteiger partial charge in [-0.05, 0) is 96.1 Å². The standard InChI is InChI=1S/C19H32F2N4O2.C15H23N.C4H10.C2H6/c1-12(2)9-23-14(4)13(3)7-16(8-22)25-15(5)18(17(27)10-26)24-11-19(6,20)21;1-12-6-8-16(9-7-12)11-15-5-4-13(2)10-14(15)3;1-3-4-2;1-2/h7-8,10,12,14,23-25H,9,11,22H2,1-6H3;4-5,10,12H,6-9,11H2,1-3H3;3-4H2,1-2H3;1-2H3/b13-7-,16-8+,18-15-;;;. The second kappa shape index (κ2) is 26.8. The number of benzene rings is 1. The van der Waals surface area contributed by atoms with Gasteiger partial charge < -0.3 is 21.7 Å². The molecule has 0 saturated carbocycles. The van der Waals surface area contributed by atoms with Crippen LogP contribution in [0.2, 0.25) is 0 Å². The number of Topliss-reactive ketones (excluding diaryl/α,β-unsaturated/α-hetero) is 1. The van der Waals surface area contributed by atoms with Gasteiger partial charge in [0.25, 0.3) is 5.92 Å². The highest BCUT2D eigenvalue weighted by atomic mass is 19.3. The van der Waals surface area contributed by atoms with Gasteiger partial charge in [0.05, 0.1) is 12.2 Å². The molecule has 2 rings (SSSR count). The van der Waals surface area contributed by atoms with Gasteiger partial charge in [-0.25, -0.2) is 8.78 Å². The highest BCUT2D eigenvalue weighted by Crippen LogP contribution is 2.20. The molecule has 49 heavy (non-hydrogen) atoms. The minimum absolute atomic E-state index is 0.0755. The molecule has 282 valence electrons. The molecule has 1 aromatic carbocycles. The number of unbranched alkanes of at least 4 members (excludes halogenated alkanes) is 1. The number of carbonyl (C=O) groups excluding carboxylic acids is 2. The summed E-state index contributed by atoms with van der Waals surface area (Å²) in [6.45, 7) is 29.3. The molecule has 0 spiro atoms. The van der Waals surface area contributed by atoms with Gasteiger partial charge in [0.2, 0.25) is 5.78 Å². The Hall–Kier alpha value is -3.04. The van der Waals surface area contributed by atoms with Crippen LogP contribution >= 0.6 is 0 Å². The van der Waals surface area contributed by atoms with Gasteiger partial charge in [0.15, 0.2) is 6.29 Å². The number of nitrogens with one attached hydrogen (secondary N) is 3. The van der Waals surface area contributed by atoms with E-state index in [1.807, 2.05) is 27.7 Å². The van der Waals surface area contributed by atoms with Crippen molar-refractivity contribution in [3.8, 4) is 0 Å². The van der Waals surface area contributed by atoms with Gasteiger partial charge in [0, 0.05) is 31.4 Å². The summed E-state index contributed by atoms with van der Waals surface area (Å²) in [4.78, 5) is 25.2. The van der Waals surface area contributed by atoms with Crippen molar-refractivity contribution in [3.05, 3.63) is 69.8 Å². The van der Waals surface area contributed by atoms with E-state index in [0.29, 0.717) is 18.5 Å². The largest absolute Gasteiger partial charge is 0.403 e. The lowest BCUT2D eigenvalue weighted by Gasteiger charge is -2.30. The van der Waals surface area contributed by atoms with Gasteiger partial charge >= 0.3 is 0 Å². The van der Waals surface area contributed by atoms with Crippen molar-refractivity contribution >= 4 is 12.1 Å². The summed E-state index contributed by atoms with van der Waals surface area (Å²) in [5, 5.41) is 8.61. The Morgan fingerprint density at radius 2 is 1.65 bits per heavy atom. The molecule has 1 aliphatic rings.